The number of halogens is 1. The maximum Gasteiger partial charge on any atom is 0.408 e. The molecule has 4 atom stereocenters. The Morgan fingerprint density at radius 2 is 1.64 bits per heavy atom. The monoisotopic (exact) mass is 665 g/mol. The van der Waals surface area contributed by atoms with Gasteiger partial charge >= 0.3 is 12.1 Å². The van der Waals surface area contributed by atoms with Gasteiger partial charge in [-0.05, 0) is 61.3 Å². The van der Waals surface area contributed by atoms with Crippen molar-refractivity contribution in [3.63, 3.8) is 0 Å². The molecule has 5 rings (SSSR count). The van der Waals surface area contributed by atoms with Crippen molar-refractivity contribution in [1.29, 1.82) is 0 Å². The standard InChI is InChI=1S/C37H48ClN3O6/c1-46-35(44)31(23-28-24-37(41-33(28)42)18-9-4-10-19-37)39-34(43)30(21-25-12-5-2-6-13-25)40-36(45)47-32(27-15-7-3-8-16-27)22-26-14-11-17-29(38)20-26/h3,7-8,11,14-17,20,25,28,30-32H,2,4-6,9-10,12-13,18-19,21-24H2,1H3,(H,39,43)(H,40,45)(H,41,42)/t28?,30-,31?,32?/m0/s1. The van der Waals surface area contributed by atoms with E-state index in [4.69, 9.17) is 21.1 Å². The van der Waals surface area contributed by atoms with Crippen molar-refractivity contribution in [2.45, 2.75) is 114 Å². The Kier molecular flexibility index (Phi) is 12.2. The molecule has 1 aliphatic heterocycles. The molecule has 10 heteroatoms. The third-order valence-electron chi connectivity index (χ3n) is 10.2. The first-order valence-corrected chi connectivity index (χ1v) is 17.6. The van der Waals surface area contributed by atoms with Crippen molar-refractivity contribution in [2.24, 2.45) is 11.8 Å². The molecule has 3 aliphatic rings. The first-order chi connectivity index (χ1) is 22.7. The molecule has 0 bridgehead atoms. The number of hydrogen-bond acceptors (Lipinski definition) is 6. The van der Waals surface area contributed by atoms with Crippen LogP contribution < -0.4 is 16.0 Å². The highest BCUT2D eigenvalue weighted by Crippen LogP contribution is 2.39. The van der Waals surface area contributed by atoms with Gasteiger partial charge in [0.15, 0.2) is 0 Å². The summed E-state index contributed by atoms with van der Waals surface area (Å²) in [6.07, 6.45) is 10.6. The van der Waals surface area contributed by atoms with Gasteiger partial charge in [0.1, 0.15) is 18.2 Å². The topological polar surface area (TPSA) is 123 Å². The first kappa shape index (κ1) is 34.7. The molecule has 3 amide bonds. The van der Waals surface area contributed by atoms with E-state index in [9.17, 15) is 19.2 Å². The summed E-state index contributed by atoms with van der Waals surface area (Å²) in [5, 5.41) is 9.49. The molecular weight excluding hydrogens is 618 g/mol. The van der Waals surface area contributed by atoms with Crippen LogP contribution in [0.5, 0.6) is 0 Å². The van der Waals surface area contributed by atoms with E-state index in [0.29, 0.717) is 24.3 Å². The quantitative estimate of drug-likeness (QED) is 0.220. The van der Waals surface area contributed by atoms with Crippen LogP contribution in [0.3, 0.4) is 0 Å². The summed E-state index contributed by atoms with van der Waals surface area (Å²) in [7, 11) is 1.28. The largest absolute Gasteiger partial charge is 0.467 e. The second-order valence-electron chi connectivity index (χ2n) is 13.6. The van der Waals surface area contributed by atoms with Crippen LogP contribution in [-0.4, -0.2) is 48.6 Å². The average Bonchev–Trinajstić information content (AvgIpc) is 3.37. The van der Waals surface area contributed by atoms with Gasteiger partial charge in [-0.3, -0.25) is 9.59 Å². The summed E-state index contributed by atoms with van der Waals surface area (Å²) in [6.45, 7) is 0. The predicted octanol–water partition coefficient (Wildman–Crippen LogP) is 6.58. The second kappa shape index (κ2) is 16.5. The Balaban J connectivity index is 1.29. The zero-order valence-electron chi connectivity index (χ0n) is 27.3. The zero-order valence-corrected chi connectivity index (χ0v) is 28.1. The molecule has 1 spiro atoms. The van der Waals surface area contributed by atoms with Gasteiger partial charge in [-0.2, -0.15) is 0 Å². The number of rotatable bonds is 12. The third-order valence-corrected chi connectivity index (χ3v) is 10.4. The SMILES string of the molecule is COC(=O)C(CC1CC2(CCCCC2)NC1=O)NC(=O)[C@H](CC1CCCCC1)NC(=O)OC(Cc1cccc(Cl)c1)c1ccccc1. The number of methoxy groups -OCH3 is 1. The normalized spacial score (nSPS) is 21.2. The van der Waals surface area contributed by atoms with Crippen molar-refractivity contribution in [3.8, 4) is 0 Å². The van der Waals surface area contributed by atoms with Crippen molar-refractivity contribution in [2.75, 3.05) is 7.11 Å². The first-order valence-electron chi connectivity index (χ1n) is 17.2. The lowest BCUT2D eigenvalue weighted by atomic mass is 9.78. The van der Waals surface area contributed by atoms with Crippen LogP contribution in [0.15, 0.2) is 54.6 Å². The van der Waals surface area contributed by atoms with Crippen LogP contribution in [0.2, 0.25) is 5.02 Å². The molecule has 2 aromatic rings. The van der Waals surface area contributed by atoms with Crippen molar-refractivity contribution < 1.29 is 28.7 Å². The number of carbonyl (C=O) groups excluding carboxylic acids is 4. The van der Waals surface area contributed by atoms with E-state index in [1.165, 1.54) is 7.11 Å². The fourth-order valence-corrected chi connectivity index (χ4v) is 7.92. The molecule has 3 fully saturated rings. The minimum Gasteiger partial charge on any atom is -0.467 e. The number of ether oxygens (including phenoxy) is 2. The highest BCUT2D eigenvalue weighted by molar-refractivity contribution is 6.30. The molecule has 3 unspecified atom stereocenters. The number of esters is 1. The number of amides is 3. The van der Waals surface area contributed by atoms with Gasteiger partial charge in [0, 0.05) is 22.9 Å². The van der Waals surface area contributed by atoms with E-state index in [1.54, 1.807) is 6.07 Å². The molecule has 2 aliphatic carbocycles. The number of alkyl carbamates (subject to hydrolysis) is 1. The van der Waals surface area contributed by atoms with Gasteiger partial charge in [-0.15, -0.1) is 0 Å². The van der Waals surface area contributed by atoms with Crippen molar-refractivity contribution in [3.05, 3.63) is 70.7 Å². The fraction of sp³-hybridized carbons (Fsp3) is 0.568. The second-order valence-corrected chi connectivity index (χ2v) is 14.1. The summed E-state index contributed by atoms with van der Waals surface area (Å²) in [5.41, 5.74) is 1.50. The zero-order chi connectivity index (χ0) is 33.2. The lowest BCUT2D eigenvalue weighted by Crippen LogP contribution is -2.53. The van der Waals surface area contributed by atoms with Crippen LogP contribution >= 0.6 is 11.6 Å². The van der Waals surface area contributed by atoms with Crippen LogP contribution in [0.1, 0.15) is 101 Å². The van der Waals surface area contributed by atoms with Crippen molar-refractivity contribution >= 4 is 35.5 Å². The molecule has 9 nitrogen and oxygen atoms in total. The third kappa shape index (κ3) is 9.72. The van der Waals surface area contributed by atoms with Gasteiger partial charge in [0.2, 0.25) is 11.8 Å². The van der Waals surface area contributed by atoms with Crippen LogP contribution in [0, 0.1) is 11.8 Å². The molecule has 0 aromatic heterocycles. The highest BCUT2D eigenvalue weighted by atomic mass is 35.5. The van der Waals surface area contributed by atoms with E-state index in [2.05, 4.69) is 16.0 Å². The molecular formula is C37H48ClN3O6. The van der Waals surface area contributed by atoms with Crippen molar-refractivity contribution in [1.82, 2.24) is 16.0 Å². The van der Waals surface area contributed by atoms with Gasteiger partial charge in [-0.25, -0.2) is 9.59 Å². The predicted molar refractivity (Wildman–Crippen MR) is 180 cm³/mol. The lowest BCUT2D eigenvalue weighted by molar-refractivity contribution is -0.146. The Labute approximate surface area is 282 Å². The Morgan fingerprint density at radius 1 is 0.915 bits per heavy atom. The van der Waals surface area contributed by atoms with Gasteiger partial charge < -0.3 is 25.4 Å². The van der Waals surface area contributed by atoms with E-state index in [1.807, 2.05) is 48.5 Å². The number of hydrogen-bond donors (Lipinski definition) is 3. The van der Waals surface area contributed by atoms with Crippen LogP contribution in [0.25, 0.3) is 0 Å². The minimum atomic E-state index is -1.02. The van der Waals surface area contributed by atoms with E-state index >= 15 is 0 Å². The van der Waals surface area contributed by atoms with Gasteiger partial charge in [-0.1, -0.05) is 105 Å². The summed E-state index contributed by atoms with van der Waals surface area (Å²) < 4.78 is 11.1. The Morgan fingerprint density at radius 3 is 2.34 bits per heavy atom. The van der Waals surface area contributed by atoms with Gasteiger partial charge in [0.05, 0.1) is 7.11 Å². The Hall–Kier alpha value is -3.59. The van der Waals surface area contributed by atoms with E-state index in [0.717, 1.165) is 75.3 Å². The lowest BCUT2D eigenvalue weighted by Gasteiger charge is -2.33. The molecule has 254 valence electrons. The van der Waals surface area contributed by atoms with E-state index < -0.39 is 42.1 Å². The number of nitrogens with one attached hydrogen (secondary N) is 3. The molecule has 1 heterocycles. The molecule has 1 saturated heterocycles. The maximum absolute atomic E-state index is 13.9. The fourth-order valence-electron chi connectivity index (χ4n) is 7.71. The van der Waals surface area contributed by atoms with Crippen LogP contribution in [0.4, 0.5) is 4.79 Å². The molecule has 0 radical (unpaired) electrons. The number of benzene rings is 2. The summed E-state index contributed by atoms with van der Waals surface area (Å²) >= 11 is 6.23. The average molecular weight is 666 g/mol. The summed E-state index contributed by atoms with van der Waals surface area (Å²) in [4.78, 5) is 53.4. The Bertz CT molecular complexity index is 1380. The summed E-state index contributed by atoms with van der Waals surface area (Å²) in [5.74, 6) is -1.34. The highest BCUT2D eigenvalue weighted by Gasteiger charge is 2.46. The summed E-state index contributed by atoms with van der Waals surface area (Å²) in [6, 6.07) is 14.9. The van der Waals surface area contributed by atoms with E-state index in [-0.39, 0.29) is 23.8 Å². The molecule has 2 saturated carbocycles. The van der Waals surface area contributed by atoms with Crippen LogP contribution in [-0.2, 0) is 30.3 Å². The number of carbonyl (C=O) groups is 4. The van der Waals surface area contributed by atoms with Gasteiger partial charge in [0.25, 0.3) is 0 Å². The molecule has 2 aromatic carbocycles. The molecule has 47 heavy (non-hydrogen) atoms. The molecule has 3 N–H and O–H groups in total. The smallest absolute Gasteiger partial charge is 0.408 e. The maximum atomic E-state index is 13.9. The minimum absolute atomic E-state index is 0.0813.